The first-order chi connectivity index (χ1) is 8.70. The van der Waals surface area contributed by atoms with Crippen molar-refractivity contribution in [2.75, 3.05) is 5.32 Å². The number of rotatable bonds is 3. The number of amides is 1. The molecule has 4 nitrogen and oxygen atoms in total. The number of nitriles is 1. The molecule has 0 spiro atoms. The summed E-state index contributed by atoms with van der Waals surface area (Å²) in [5.74, 6) is -0.278. The predicted octanol–water partition coefficient (Wildman–Crippen LogP) is 2.97. The van der Waals surface area contributed by atoms with E-state index >= 15 is 0 Å². The minimum Gasteiger partial charge on any atom is -0.317 e. The Labute approximate surface area is 109 Å². The zero-order valence-electron chi connectivity index (χ0n) is 9.80. The van der Waals surface area contributed by atoms with Crippen molar-refractivity contribution >= 4 is 22.2 Å². The summed E-state index contributed by atoms with van der Waals surface area (Å²) in [7, 11) is 0. The van der Waals surface area contributed by atoms with Crippen molar-refractivity contribution < 1.29 is 4.79 Å². The van der Waals surface area contributed by atoms with E-state index in [1.54, 1.807) is 12.4 Å². The van der Waals surface area contributed by atoms with Crippen LogP contribution in [0.25, 0.3) is 10.4 Å². The number of aryl methyl sites for hydroxylation is 1. The minimum absolute atomic E-state index is 0.123. The fourth-order valence-corrected chi connectivity index (χ4v) is 2.68. The van der Waals surface area contributed by atoms with E-state index in [0.717, 1.165) is 21.0 Å². The molecule has 2 aromatic heterocycles. The summed E-state index contributed by atoms with van der Waals surface area (Å²) in [4.78, 5) is 16.4. The van der Waals surface area contributed by atoms with Gasteiger partial charge in [0.15, 0.2) is 0 Å². The molecule has 5 heteroatoms. The third-order valence-electron chi connectivity index (χ3n) is 2.36. The maximum Gasteiger partial charge on any atom is 0.239 e. The van der Waals surface area contributed by atoms with Crippen LogP contribution in [0.15, 0.2) is 30.6 Å². The Kier molecular flexibility index (Phi) is 3.70. The number of nitrogens with one attached hydrogen (secondary N) is 1. The van der Waals surface area contributed by atoms with Gasteiger partial charge in [0.05, 0.1) is 11.1 Å². The highest BCUT2D eigenvalue weighted by Gasteiger charge is 2.09. The number of nitrogens with zero attached hydrogens (tertiary/aromatic N) is 2. The first-order valence-electron chi connectivity index (χ1n) is 5.38. The van der Waals surface area contributed by atoms with E-state index in [9.17, 15) is 4.79 Å². The predicted molar refractivity (Wildman–Crippen MR) is 71.1 cm³/mol. The van der Waals surface area contributed by atoms with E-state index in [0.29, 0.717) is 0 Å². The lowest BCUT2D eigenvalue weighted by Crippen LogP contribution is -2.08. The number of hydrogen-bond donors (Lipinski definition) is 1. The van der Waals surface area contributed by atoms with Gasteiger partial charge in [-0.1, -0.05) is 0 Å². The summed E-state index contributed by atoms with van der Waals surface area (Å²) in [6.45, 7) is 1.99. The van der Waals surface area contributed by atoms with Crippen LogP contribution in [0.2, 0.25) is 0 Å². The molecule has 0 aliphatic rings. The summed E-state index contributed by atoms with van der Waals surface area (Å²) >= 11 is 1.50. The molecule has 0 saturated heterocycles. The molecule has 0 aromatic carbocycles. The Morgan fingerprint density at radius 1 is 1.50 bits per heavy atom. The van der Waals surface area contributed by atoms with Crippen LogP contribution in [-0.2, 0) is 4.79 Å². The highest BCUT2D eigenvalue weighted by molar-refractivity contribution is 7.19. The average Bonchev–Trinajstić information content (AvgIpc) is 2.71. The van der Waals surface area contributed by atoms with Crippen LogP contribution in [0.3, 0.4) is 0 Å². The summed E-state index contributed by atoms with van der Waals surface area (Å²) in [5.41, 5.74) is 2.17. The molecular formula is C13H11N3OS. The summed E-state index contributed by atoms with van der Waals surface area (Å²) in [5, 5.41) is 11.9. The van der Waals surface area contributed by atoms with Crippen molar-refractivity contribution in [3.63, 3.8) is 0 Å². The van der Waals surface area contributed by atoms with Crippen LogP contribution < -0.4 is 5.32 Å². The molecule has 2 heterocycles. The van der Waals surface area contributed by atoms with Gasteiger partial charge in [-0.3, -0.25) is 9.78 Å². The molecule has 0 atom stereocenters. The van der Waals surface area contributed by atoms with E-state index in [1.165, 1.54) is 11.3 Å². The van der Waals surface area contributed by atoms with Crippen molar-refractivity contribution in [2.45, 2.75) is 13.3 Å². The molecule has 90 valence electrons. The van der Waals surface area contributed by atoms with Crippen molar-refractivity contribution in [2.24, 2.45) is 0 Å². The summed E-state index contributed by atoms with van der Waals surface area (Å²) in [6.07, 6.45) is 3.35. The summed E-state index contributed by atoms with van der Waals surface area (Å²) in [6, 6.07) is 7.60. The fourth-order valence-electron chi connectivity index (χ4n) is 1.59. The number of anilines is 1. The third kappa shape index (κ3) is 2.73. The van der Waals surface area contributed by atoms with Crippen molar-refractivity contribution in [3.05, 3.63) is 36.2 Å². The highest BCUT2D eigenvalue weighted by Crippen LogP contribution is 2.35. The van der Waals surface area contributed by atoms with Gasteiger partial charge in [0.1, 0.15) is 6.42 Å². The van der Waals surface area contributed by atoms with E-state index in [1.807, 2.05) is 31.2 Å². The lowest BCUT2D eigenvalue weighted by atomic mass is 10.1. The van der Waals surface area contributed by atoms with Gasteiger partial charge in [-0.25, -0.2) is 0 Å². The summed E-state index contributed by atoms with van der Waals surface area (Å²) < 4.78 is 0. The van der Waals surface area contributed by atoms with Crippen molar-refractivity contribution in [1.82, 2.24) is 4.98 Å². The Balaban J connectivity index is 2.23. The molecule has 0 unspecified atom stereocenters. The molecule has 2 rings (SSSR count). The van der Waals surface area contributed by atoms with Gasteiger partial charge in [-0.15, -0.1) is 11.3 Å². The van der Waals surface area contributed by atoms with Crippen LogP contribution >= 0.6 is 11.3 Å². The maximum absolute atomic E-state index is 11.3. The number of carbonyl (C=O) groups is 1. The van der Waals surface area contributed by atoms with Crippen molar-refractivity contribution in [1.29, 1.82) is 5.26 Å². The van der Waals surface area contributed by atoms with Crippen molar-refractivity contribution in [3.8, 4) is 16.5 Å². The Hall–Kier alpha value is -2.19. The number of aromatic nitrogens is 1. The molecular weight excluding hydrogens is 246 g/mol. The second-order valence-electron chi connectivity index (χ2n) is 3.74. The first-order valence-corrected chi connectivity index (χ1v) is 6.20. The monoisotopic (exact) mass is 257 g/mol. The number of thiophene rings is 1. The second kappa shape index (κ2) is 5.43. The van der Waals surface area contributed by atoms with E-state index in [4.69, 9.17) is 5.26 Å². The standard InChI is InChI=1S/C13H11N3OS/c1-9-8-12(16-11(17)2-5-14)18-13(9)10-3-6-15-7-4-10/h3-4,6-8H,2H2,1H3,(H,16,17). The number of hydrogen-bond acceptors (Lipinski definition) is 4. The molecule has 1 amide bonds. The molecule has 0 aliphatic carbocycles. The van der Waals surface area contributed by atoms with Crippen LogP contribution in [0.5, 0.6) is 0 Å². The Bertz CT molecular complexity index is 598. The van der Waals surface area contributed by atoms with Gasteiger partial charge >= 0.3 is 0 Å². The average molecular weight is 257 g/mol. The zero-order valence-corrected chi connectivity index (χ0v) is 10.6. The highest BCUT2D eigenvalue weighted by atomic mass is 32.1. The van der Waals surface area contributed by atoms with E-state index < -0.39 is 0 Å². The molecule has 0 bridgehead atoms. The van der Waals surface area contributed by atoms with Crippen LogP contribution in [0.1, 0.15) is 12.0 Å². The van der Waals surface area contributed by atoms with Gasteiger partial charge < -0.3 is 5.32 Å². The fraction of sp³-hybridized carbons (Fsp3) is 0.154. The van der Waals surface area contributed by atoms with Gasteiger partial charge in [0.2, 0.25) is 5.91 Å². The SMILES string of the molecule is Cc1cc(NC(=O)CC#N)sc1-c1ccncc1. The van der Waals surface area contributed by atoms with Crippen LogP contribution in [-0.4, -0.2) is 10.9 Å². The number of pyridine rings is 1. The van der Waals surface area contributed by atoms with Crippen LogP contribution in [0, 0.1) is 18.3 Å². The molecule has 0 radical (unpaired) electrons. The minimum atomic E-state index is -0.278. The normalized spacial score (nSPS) is 9.78. The molecule has 1 N–H and O–H groups in total. The van der Waals surface area contributed by atoms with Gasteiger partial charge in [0.25, 0.3) is 0 Å². The van der Waals surface area contributed by atoms with Gasteiger partial charge in [-0.2, -0.15) is 5.26 Å². The quantitative estimate of drug-likeness (QED) is 0.919. The van der Waals surface area contributed by atoms with Crippen LogP contribution in [0.4, 0.5) is 5.00 Å². The topological polar surface area (TPSA) is 65.8 Å². The Morgan fingerprint density at radius 2 is 2.22 bits per heavy atom. The first kappa shape index (κ1) is 12.3. The molecule has 2 aromatic rings. The molecule has 0 fully saturated rings. The zero-order chi connectivity index (χ0) is 13.0. The lowest BCUT2D eigenvalue weighted by molar-refractivity contribution is -0.115. The largest absolute Gasteiger partial charge is 0.317 e. The third-order valence-corrected chi connectivity index (χ3v) is 3.56. The molecule has 0 aliphatic heterocycles. The van der Waals surface area contributed by atoms with E-state index in [2.05, 4.69) is 10.3 Å². The molecule has 0 saturated carbocycles. The van der Waals surface area contributed by atoms with Gasteiger partial charge in [0, 0.05) is 17.3 Å². The number of carbonyl (C=O) groups excluding carboxylic acids is 1. The van der Waals surface area contributed by atoms with E-state index in [-0.39, 0.29) is 12.3 Å². The second-order valence-corrected chi connectivity index (χ2v) is 4.79. The maximum atomic E-state index is 11.3. The van der Waals surface area contributed by atoms with Gasteiger partial charge in [-0.05, 0) is 36.2 Å². The smallest absolute Gasteiger partial charge is 0.239 e. The molecule has 18 heavy (non-hydrogen) atoms. The Morgan fingerprint density at radius 3 is 2.89 bits per heavy atom. The lowest BCUT2D eigenvalue weighted by Gasteiger charge is -1.98.